The Bertz CT molecular complexity index is 394. The zero-order chi connectivity index (χ0) is 12.1. The van der Waals surface area contributed by atoms with E-state index in [0.717, 1.165) is 0 Å². The average molecular weight is 231 g/mol. The van der Waals surface area contributed by atoms with Crippen LogP contribution in [0.25, 0.3) is 0 Å². The van der Waals surface area contributed by atoms with Crippen LogP contribution in [0, 0.1) is 0 Å². The molecule has 0 bridgehead atoms. The highest BCUT2D eigenvalue weighted by molar-refractivity contribution is 5.88. The van der Waals surface area contributed by atoms with Crippen molar-refractivity contribution in [1.82, 2.24) is 4.90 Å². The molecule has 0 saturated carbocycles. The third-order valence-electron chi connectivity index (χ3n) is 2.80. The summed E-state index contributed by atoms with van der Waals surface area (Å²) in [4.78, 5) is 13.2. The van der Waals surface area contributed by atoms with E-state index in [9.17, 15) is 4.79 Å². The standard InChI is InChI=1S/C14H17NO2/c1-2-6-14(16)15-9-13(10-15)17-11-12-7-4-3-5-8-12/h2-8,13H,9-11H2,1H3/b6-2-. The van der Waals surface area contributed by atoms with E-state index in [1.807, 2.05) is 37.3 Å². The number of likely N-dealkylation sites (tertiary alicyclic amines) is 1. The number of benzene rings is 1. The first-order valence-corrected chi connectivity index (χ1v) is 5.86. The minimum absolute atomic E-state index is 0.0760. The monoisotopic (exact) mass is 231 g/mol. The molecule has 0 atom stereocenters. The summed E-state index contributed by atoms with van der Waals surface area (Å²) in [5.41, 5.74) is 1.17. The smallest absolute Gasteiger partial charge is 0.246 e. The Morgan fingerprint density at radius 1 is 1.41 bits per heavy atom. The predicted octanol–water partition coefficient (Wildman–Crippen LogP) is 1.99. The van der Waals surface area contributed by atoms with Crippen LogP contribution in [0.4, 0.5) is 0 Å². The van der Waals surface area contributed by atoms with E-state index in [4.69, 9.17) is 4.74 Å². The van der Waals surface area contributed by atoms with Gasteiger partial charge in [-0.15, -0.1) is 0 Å². The summed E-state index contributed by atoms with van der Waals surface area (Å²) in [5.74, 6) is 0.0760. The molecule has 3 nitrogen and oxygen atoms in total. The van der Waals surface area contributed by atoms with E-state index in [-0.39, 0.29) is 12.0 Å². The van der Waals surface area contributed by atoms with Gasteiger partial charge in [0.1, 0.15) is 0 Å². The van der Waals surface area contributed by atoms with Gasteiger partial charge in [0.25, 0.3) is 0 Å². The number of hydrogen-bond acceptors (Lipinski definition) is 2. The fraction of sp³-hybridized carbons (Fsp3) is 0.357. The van der Waals surface area contributed by atoms with Crippen molar-refractivity contribution in [3.63, 3.8) is 0 Å². The first kappa shape index (κ1) is 11.9. The van der Waals surface area contributed by atoms with Crippen molar-refractivity contribution in [3.8, 4) is 0 Å². The van der Waals surface area contributed by atoms with Crippen LogP contribution in [0.15, 0.2) is 42.5 Å². The molecule has 0 spiro atoms. The highest BCUT2D eigenvalue weighted by Crippen LogP contribution is 2.14. The molecule has 17 heavy (non-hydrogen) atoms. The van der Waals surface area contributed by atoms with E-state index in [2.05, 4.69) is 0 Å². The molecule has 2 rings (SSSR count). The summed E-state index contributed by atoms with van der Waals surface area (Å²) >= 11 is 0. The quantitative estimate of drug-likeness (QED) is 0.742. The summed E-state index contributed by atoms with van der Waals surface area (Å²) in [6, 6.07) is 10.1. The Kier molecular flexibility index (Phi) is 3.94. The lowest BCUT2D eigenvalue weighted by molar-refractivity contribution is -0.140. The highest BCUT2D eigenvalue weighted by atomic mass is 16.5. The van der Waals surface area contributed by atoms with Crippen molar-refractivity contribution in [2.24, 2.45) is 0 Å². The van der Waals surface area contributed by atoms with Gasteiger partial charge >= 0.3 is 0 Å². The Labute approximate surface area is 102 Å². The maximum atomic E-state index is 11.4. The summed E-state index contributed by atoms with van der Waals surface area (Å²) in [6.07, 6.45) is 3.54. The minimum Gasteiger partial charge on any atom is -0.370 e. The molecule has 0 aromatic heterocycles. The minimum atomic E-state index is 0.0760. The average Bonchev–Trinajstić information content (AvgIpc) is 2.28. The molecule has 1 aromatic carbocycles. The molecule has 1 heterocycles. The van der Waals surface area contributed by atoms with Gasteiger partial charge in [0, 0.05) is 13.1 Å². The van der Waals surface area contributed by atoms with Crippen LogP contribution in [0.1, 0.15) is 12.5 Å². The lowest BCUT2D eigenvalue weighted by atomic mass is 10.1. The first-order chi connectivity index (χ1) is 8.29. The second kappa shape index (κ2) is 5.64. The van der Waals surface area contributed by atoms with Crippen molar-refractivity contribution < 1.29 is 9.53 Å². The van der Waals surface area contributed by atoms with Crippen LogP contribution in [0.2, 0.25) is 0 Å². The van der Waals surface area contributed by atoms with Gasteiger partial charge in [-0.3, -0.25) is 4.79 Å². The number of allylic oxidation sites excluding steroid dienone is 1. The Balaban J connectivity index is 1.69. The molecule has 1 aliphatic rings. The van der Waals surface area contributed by atoms with Crippen molar-refractivity contribution in [2.75, 3.05) is 13.1 Å². The van der Waals surface area contributed by atoms with Crippen molar-refractivity contribution >= 4 is 5.91 Å². The first-order valence-electron chi connectivity index (χ1n) is 5.86. The van der Waals surface area contributed by atoms with E-state index >= 15 is 0 Å². The molecular weight excluding hydrogens is 214 g/mol. The summed E-state index contributed by atoms with van der Waals surface area (Å²) in [5, 5.41) is 0. The second-order valence-electron chi connectivity index (χ2n) is 4.16. The number of hydrogen-bond donors (Lipinski definition) is 0. The molecule has 0 N–H and O–H groups in total. The fourth-order valence-corrected chi connectivity index (χ4v) is 1.76. The number of rotatable bonds is 4. The van der Waals surface area contributed by atoms with Crippen LogP contribution in [-0.2, 0) is 16.1 Å². The van der Waals surface area contributed by atoms with Crippen LogP contribution in [0.5, 0.6) is 0 Å². The van der Waals surface area contributed by atoms with Gasteiger partial charge in [0.05, 0.1) is 12.7 Å². The predicted molar refractivity (Wildman–Crippen MR) is 66.4 cm³/mol. The van der Waals surface area contributed by atoms with Crippen LogP contribution < -0.4 is 0 Å². The largest absolute Gasteiger partial charge is 0.370 e. The van der Waals surface area contributed by atoms with Gasteiger partial charge in [0.2, 0.25) is 5.91 Å². The molecule has 1 amide bonds. The summed E-state index contributed by atoms with van der Waals surface area (Å²) < 4.78 is 5.70. The van der Waals surface area contributed by atoms with E-state index in [1.165, 1.54) is 5.56 Å². The van der Waals surface area contributed by atoms with Gasteiger partial charge < -0.3 is 9.64 Å². The van der Waals surface area contributed by atoms with Crippen molar-refractivity contribution in [2.45, 2.75) is 19.6 Å². The Hall–Kier alpha value is -1.61. The Morgan fingerprint density at radius 2 is 2.12 bits per heavy atom. The molecule has 1 aliphatic heterocycles. The second-order valence-corrected chi connectivity index (χ2v) is 4.16. The zero-order valence-corrected chi connectivity index (χ0v) is 10.0. The number of nitrogens with zero attached hydrogens (tertiary/aromatic N) is 1. The van der Waals surface area contributed by atoms with Gasteiger partial charge in [-0.05, 0) is 18.6 Å². The molecule has 1 aromatic rings. The molecule has 0 unspecified atom stereocenters. The number of carbonyl (C=O) groups excluding carboxylic acids is 1. The molecule has 90 valence electrons. The Morgan fingerprint density at radius 3 is 2.76 bits per heavy atom. The van der Waals surface area contributed by atoms with Gasteiger partial charge in [-0.2, -0.15) is 0 Å². The normalized spacial score (nSPS) is 16.2. The molecule has 3 heteroatoms. The van der Waals surface area contributed by atoms with Crippen LogP contribution in [-0.4, -0.2) is 30.0 Å². The summed E-state index contributed by atoms with van der Waals surface area (Å²) in [6.45, 7) is 3.88. The van der Waals surface area contributed by atoms with E-state index in [0.29, 0.717) is 19.7 Å². The molecule has 1 fully saturated rings. The van der Waals surface area contributed by atoms with Crippen LogP contribution in [0.3, 0.4) is 0 Å². The maximum Gasteiger partial charge on any atom is 0.246 e. The van der Waals surface area contributed by atoms with Gasteiger partial charge in [-0.25, -0.2) is 0 Å². The lowest BCUT2D eigenvalue weighted by Crippen LogP contribution is -2.54. The van der Waals surface area contributed by atoms with Crippen molar-refractivity contribution in [1.29, 1.82) is 0 Å². The zero-order valence-electron chi connectivity index (χ0n) is 10.0. The molecule has 0 aliphatic carbocycles. The summed E-state index contributed by atoms with van der Waals surface area (Å²) in [7, 11) is 0. The van der Waals surface area contributed by atoms with Crippen LogP contribution >= 0.6 is 0 Å². The molecule has 1 saturated heterocycles. The number of ether oxygens (including phenoxy) is 1. The van der Waals surface area contributed by atoms with E-state index in [1.54, 1.807) is 17.1 Å². The highest BCUT2D eigenvalue weighted by Gasteiger charge is 2.29. The van der Waals surface area contributed by atoms with E-state index < -0.39 is 0 Å². The molecular formula is C14H17NO2. The molecule has 0 radical (unpaired) electrons. The number of amides is 1. The van der Waals surface area contributed by atoms with Gasteiger partial charge in [0.15, 0.2) is 0 Å². The maximum absolute atomic E-state index is 11.4. The van der Waals surface area contributed by atoms with Gasteiger partial charge in [-0.1, -0.05) is 36.4 Å². The number of carbonyl (C=O) groups is 1. The van der Waals surface area contributed by atoms with Crippen molar-refractivity contribution in [3.05, 3.63) is 48.0 Å². The topological polar surface area (TPSA) is 29.5 Å². The third-order valence-corrected chi connectivity index (χ3v) is 2.80. The fourth-order valence-electron chi connectivity index (χ4n) is 1.76. The third kappa shape index (κ3) is 3.17. The lowest BCUT2D eigenvalue weighted by Gasteiger charge is -2.38. The SMILES string of the molecule is C/C=C\C(=O)N1CC(OCc2ccccc2)C1.